The molecule has 2 amide bonds. The number of nitrogens with one attached hydrogen (secondary N) is 2. The maximum Gasteiger partial charge on any atom is 0.407 e. The van der Waals surface area contributed by atoms with E-state index >= 15 is 0 Å². The first-order chi connectivity index (χ1) is 13.6. The van der Waals surface area contributed by atoms with Gasteiger partial charge in [-0.25, -0.2) is 4.79 Å². The minimum Gasteiger partial charge on any atom is -0.444 e. The molecular formula is C22H26N2O4S. The van der Waals surface area contributed by atoms with E-state index in [4.69, 9.17) is 4.74 Å². The average Bonchev–Trinajstić information content (AvgIpc) is 2.64. The molecule has 29 heavy (non-hydrogen) atoms. The zero-order chi connectivity index (χ0) is 21.4. The summed E-state index contributed by atoms with van der Waals surface area (Å²) in [7, 11) is 0. The van der Waals surface area contributed by atoms with Gasteiger partial charge in [-0.3, -0.25) is 9.59 Å². The number of ether oxygens (including phenoxy) is 1. The van der Waals surface area contributed by atoms with Crippen molar-refractivity contribution < 1.29 is 19.1 Å². The van der Waals surface area contributed by atoms with Crippen molar-refractivity contribution in [1.29, 1.82) is 0 Å². The summed E-state index contributed by atoms with van der Waals surface area (Å²) in [5.74, 6) is -0.181. The van der Waals surface area contributed by atoms with Crippen molar-refractivity contribution in [3.05, 3.63) is 65.2 Å². The summed E-state index contributed by atoms with van der Waals surface area (Å²) >= 11 is 1.13. The molecule has 0 aliphatic rings. The Kier molecular flexibility index (Phi) is 7.84. The van der Waals surface area contributed by atoms with Gasteiger partial charge in [0.15, 0.2) is 5.12 Å². The van der Waals surface area contributed by atoms with Crippen LogP contribution in [0.4, 0.5) is 4.79 Å². The molecule has 0 fully saturated rings. The largest absolute Gasteiger partial charge is 0.444 e. The summed E-state index contributed by atoms with van der Waals surface area (Å²) in [5, 5.41) is 5.58. The molecule has 0 atom stereocenters. The average molecular weight is 415 g/mol. The Morgan fingerprint density at radius 3 is 1.86 bits per heavy atom. The fourth-order valence-electron chi connectivity index (χ4n) is 2.39. The molecule has 2 N–H and O–H groups in total. The Morgan fingerprint density at radius 2 is 1.38 bits per heavy atom. The monoisotopic (exact) mass is 414 g/mol. The van der Waals surface area contributed by atoms with Crippen LogP contribution in [0.25, 0.3) is 0 Å². The minimum absolute atomic E-state index is 0.00643. The lowest BCUT2D eigenvalue weighted by molar-refractivity contribution is -0.109. The van der Waals surface area contributed by atoms with Crippen LogP contribution in [0.2, 0.25) is 0 Å². The standard InChI is InChI=1S/C22H26N2O4S/c1-15(25)29-19-11-9-18(10-12-19)20(26)23-13-16-5-7-17(8-6-16)14-24-21(27)28-22(2,3)4/h5-12H,13-14H2,1-4H3,(H,23,26)(H,24,27). The molecule has 0 aliphatic carbocycles. The van der Waals surface area contributed by atoms with Crippen molar-refractivity contribution in [3.63, 3.8) is 0 Å². The zero-order valence-corrected chi connectivity index (χ0v) is 17.9. The van der Waals surface area contributed by atoms with Gasteiger partial charge in [0.1, 0.15) is 5.60 Å². The van der Waals surface area contributed by atoms with Gasteiger partial charge in [0, 0.05) is 30.5 Å². The number of carbonyl (C=O) groups excluding carboxylic acids is 3. The Balaban J connectivity index is 1.81. The molecule has 0 spiro atoms. The van der Waals surface area contributed by atoms with Crippen molar-refractivity contribution in [2.24, 2.45) is 0 Å². The Morgan fingerprint density at radius 1 is 0.862 bits per heavy atom. The number of rotatable bonds is 6. The molecule has 2 rings (SSSR count). The molecule has 0 saturated carbocycles. The van der Waals surface area contributed by atoms with Crippen molar-refractivity contribution >= 4 is 28.9 Å². The number of carbonyl (C=O) groups is 3. The van der Waals surface area contributed by atoms with Gasteiger partial charge >= 0.3 is 6.09 Å². The molecule has 7 heteroatoms. The highest BCUT2D eigenvalue weighted by molar-refractivity contribution is 8.13. The third-order valence-electron chi connectivity index (χ3n) is 3.69. The lowest BCUT2D eigenvalue weighted by Gasteiger charge is -2.19. The van der Waals surface area contributed by atoms with Crippen molar-refractivity contribution in [3.8, 4) is 0 Å². The first kappa shape index (κ1) is 22.5. The first-order valence-electron chi connectivity index (χ1n) is 9.24. The molecule has 0 saturated heterocycles. The van der Waals surface area contributed by atoms with Gasteiger partial charge in [-0.05, 0) is 56.2 Å². The van der Waals surface area contributed by atoms with Crippen molar-refractivity contribution in [1.82, 2.24) is 10.6 Å². The summed E-state index contributed by atoms with van der Waals surface area (Å²) in [4.78, 5) is 35.9. The van der Waals surface area contributed by atoms with Crippen LogP contribution in [0.1, 0.15) is 49.2 Å². The fourth-order valence-corrected chi connectivity index (χ4v) is 2.99. The van der Waals surface area contributed by atoms with Gasteiger partial charge in [0.05, 0.1) is 0 Å². The van der Waals surface area contributed by atoms with Gasteiger partial charge in [0.25, 0.3) is 5.91 Å². The molecule has 0 radical (unpaired) electrons. The van der Waals surface area contributed by atoms with E-state index in [1.54, 1.807) is 24.3 Å². The minimum atomic E-state index is -0.529. The number of benzene rings is 2. The third kappa shape index (κ3) is 8.39. The molecule has 2 aromatic rings. The summed E-state index contributed by atoms with van der Waals surface area (Å²) in [6.07, 6.45) is -0.457. The molecule has 0 unspecified atom stereocenters. The van der Waals surface area contributed by atoms with Crippen LogP contribution >= 0.6 is 11.8 Å². The van der Waals surface area contributed by atoms with E-state index in [2.05, 4.69) is 10.6 Å². The van der Waals surface area contributed by atoms with Gasteiger partial charge in [-0.2, -0.15) is 0 Å². The topological polar surface area (TPSA) is 84.5 Å². The lowest BCUT2D eigenvalue weighted by atomic mass is 10.1. The van der Waals surface area contributed by atoms with Gasteiger partial charge in [-0.15, -0.1) is 0 Å². The number of hydrogen-bond acceptors (Lipinski definition) is 5. The van der Waals surface area contributed by atoms with E-state index < -0.39 is 11.7 Å². The maximum absolute atomic E-state index is 12.3. The molecule has 2 aromatic carbocycles. The van der Waals surface area contributed by atoms with Crippen molar-refractivity contribution in [2.45, 2.75) is 51.3 Å². The highest BCUT2D eigenvalue weighted by atomic mass is 32.2. The molecule has 6 nitrogen and oxygen atoms in total. The highest BCUT2D eigenvalue weighted by Crippen LogP contribution is 2.19. The summed E-state index contributed by atoms with van der Waals surface area (Å²) in [6.45, 7) is 7.71. The SMILES string of the molecule is CC(=O)Sc1ccc(C(=O)NCc2ccc(CNC(=O)OC(C)(C)C)cc2)cc1. The van der Waals surface area contributed by atoms with E-state index in [9.17, 15) is 14.4 Å². The molecule has 154 valence electrons. The van der Waals surface area contributed by atoms with E-state index in [1.165, 1.54) is 6.92 Å². The van der Waals surface area contributed by atoms with E-state index in [-0.39, 0.29) is 11.0 Å². The van der Waals surface area contributed by atoms with Gasteiger partial charge in [-0.1, -0.05) is 36.0 Å². The Hall–Kier alpha value is -2.80. The molecular weight excluding hydrogens is 388 g/mol. The van der Waals surface area contributed by atoms with E-state index in [0.717, 1.165) is 27.8 Å². The highest BCUT2D eigenvalue weighted by Gasteiger charge is 2.15. The number of thioether (sulfide) groups is 1. The summed E-state index contributed by atoms with van der Waals surface area (Å²) in [6, 6.07) is 14.5. The molecule has 0 aliphatic heterocycles. The van der Waals surface area contributed by atoms with Crippen LogP contribution in [-0.4, -0.2) is 22.7 Å². The lowest BCUT2D eigenvalue weighted by Crippen LogP contribution is -2.32. The van der Waals surface area contributed by atoms with Crippen LogP contribution in [0, 0.1) is 0 Å². The Labute approximate surface area is 175 Å². The maximum atomic E-state index is 12.3. The van der Waals surface area contributed by atoms with E-state index in [0.29, 0.717) is 18.7 Å². The number of amides is 2. The second-order valence-electron chi connectivity index (χ2n) is 7.47. The van der Waals surface area contributed by atoms with Gasteiger partial charge in [0.2, 0.25) is 0 Å². The fraction of sp³-hybridized carbons (Fsp3) is 0.318. The van der Waals surface area contributed by atoms with Crippen LogP contribution in [0.3, 0.4) is 0 Å². The quantitative estimate of drug-likeness (QED) is 0.689. The second kappa shape index (κ2) is 10.1. The molecule has 0 heterocycles. The zero-order valence-electron chi connectivity index (χ0n) is 17.1. The Bertz CT molecular complexity index is 856. The normalized spacial score (nSPS) is 10.9. The number of hydrogen-bond donors (Lipinski definition) is 2. The summed E-state index contributed by atoms with van der Waals surface area (Å²) < 4.78 is 5.20. The molecule has 0 aromatic heterocycles. The van der Waals surface area contributed by atoms with E-state index in [1.807, 2.05) is 45.0 Å². The molecule has 0 bridgehead atoms. The third-order valence-corrected chi connectivity index (χ3v) is 4.49. The van der Waals surface area contributed by atoms with Crippen LogP contribution in [-0.2, 0) is 22.6 Å². The first-order valence-corrected chi connectivity index (χ1v) is 10.1. The van der Waals surface area contributed by atoms with Gasteiger partial charge < -0.3 is 15.4 Å². The predicted molar refractivity (Wildman–Crippen MR) is 114 cm³/mol. The number of alkyl carbamates (subject to hydrolysis) is 1. The van der Waals surface area contributed by atoms with Crippen LogP contribution in [0.15, 0.2) is 53.4 Å². The van der Waals surface area contributed by atoms with Crippen molar-refractivity contribution in [2.75, 3.05) is 0 Å². The predicted octanol–water partition coefficient (Wildman–Crippen LogP) is 4.28. The summed E-state index contributed by atoms with van der Waals surface area (Å²) in [5.41, 5.74) is 1.89. The smallest absolute Gasteiger partial charge is 0.407 e. The van der Waals surface area contributed by atoms with Crippen LogP contribution < -0.4 is 10.6 Å². The van der Waals surface area contributed by atoms with Crippen LogP contribution in [0.5, 0.6) is 0 Å². The second-order valence-corrected chi connectivity index (χ2v) is 8.72.